The van der Waals surface area contributed by atoms with Crippen molar-refractivity contribution >= 4 is 33.9 Å². The van der Waals surface area contributed by atoms with Gasteiger partial charge in [-0.05, 0) is 125 Å². The molecule has 0 atom stereocenters. The van der Waals surface area contributed by atoms with Gasteiger partial charge in [0, 0.05) is 118 Å². The van der Waals surface area contributed by atoms with Crippen LogP contribution in [0.5, 0.6) is 0 Å². The summed E-state index contributed by atoms with van der Waals surface area (Å²) in [7, 11) is 0. The van der Waals surface area contributed by atoms with E-state index >= 15 is 0 Å². The molecule has 0 spiro atoms. The summed E-state index contributed by atoms with van der Waals surface area (Å²) < 4.78 is 0. The van der Waals surface area contributed by atoms with Crippen LogP contribution < -0.4 is 19.6 Å². The summed E-state index contributed by atoms with van der Waals surface area (Å²) in [6, 6.07) is 27.1. The molecule has 282 valence electrons. The molecule has 6 heteroatoms. The molecule has 4 aromatic carbocycles. The Morgan fingerprint density at radius 2 is 0.536 bits per heavy atom. The van der Waals surface area contributed by atoms with Gasteiger partial charge in [-0.15, -0.1) is 104 Å². The molecule has 0 unspecified atom stereocenters. The maximum Gasteiger partial charge on any atom is 0.00906 e. The molecule has 4 nitrogen and oxygen atoms in total. The first-order valence-electron chi connectivity index (χ1n) is 21.8. The minimum atomic E-state index is 0. The van der Waals surface area contributed by atoms with Crippen molar-refractivity contribution in [2.45, 2.75) is 103 Å². The second-order valence-corrected chi connectivity index (χ2v) is 17.7. The number of rotatable bonds is 4. The molecule has 0 fully saturated rings. The van der Waals surface area contributed by atoms with Gasteiger partial charge in [0.15, 0.2) is 0 Å². The summed E-state index contributed by atoms with van der Waals surface area (Å²) in [6.45, 7) is 9.50. The monoisotopic (exact) mass is 886 g/mol. The Labute approximate surface area is 385 Å². The molecular formula is C50H52N4Y2-4. The Morgan fingerprint density at radius 3 is 0.768 bits per heavy atom. The quantitative estimate of drug-likeness (QED) is 0.150. The van der Waals surface area contributed by atoms with Gasteiger partial charge in [0.1, 0.15) is 0 Å². The molecule has 0 N–H and O–H groups in total. The average Bonchev–Trinajstić information content (AvgIpc) is 3.20. The standard InChI is InChI=1S/C50H52N4.2Y/c1-9-33-25-41(26-34-10-2-18-51(17-1)47(33)34)45(42-27-35-11-3-19-52-20-4-12-36(28-42)48(35)52)46(43-29-37-13-5-21-53-22-6-14-38(30-43)49(37)53)44-31-39-15-7-23-54-24-8-16-40(32-44)50(39)54;;/h25,27,29,31H,1-24H2;;/q-4;;. The van der Waals surface area contributed by atoms with Crippen LogP contribution in [0.3, 0.4) is 0 Å². The van der Waals surface area contributed by atoms with Crippen LogP contribution in [-0.2, 0) is 117 Å². The van der Waals surface area contributed by atoms with Crippen LogP contribution in [0.4, 0.5) is 22.7 Å². The van der Waals surface area contributed by atoms with Gasteiger partial charge in [-0.2, -0.15) is 22.3 Å². The first-order chi connectivity index (χ1) is 26.7. The van der Waals surface area contributed by atoms with Crippen molar-refractivity contribution in [3.8, 4) is 0 Å². The number of aryl methyl sites for hydroxylation is 8. The molecule has 8 aliphatic rings. The van der Waals surface area contributed by atoms with Crippen LogP contribution in [0.1, 0.15) is 118 Å². The molecule has 0 aliphatic carbocycles. The van der Waals surface area contributed by atoms with Crippen LogP contribution in [0.25, 0.3) is 11.1 Å². The Bertz CT molecular complexity index is 1820. The van der Waals surface area contributed by atoms with Crippen LogP contribution in [-0.4, -0.2) is 52.4 Å². The van der Waals surface area contributed by atoms with Crippen molar-refractivity contribution in [2.75, 3.05) is 72.0 Å². The maximum atomic E-state index is 4.21. The average molecular weight is 887 g/mol. The van der Waals surface area contributed by atoms with Gasteiger partial charge < -0.3 is 19.6 Å². The van der Waals surface area contributed by atoms with E-state index in [9.17, 15) is 0 Å². The van der Waals surface area contributed by atoms with E-state index in [0.717, 1.165) is 51.4 Å². The summed E-state index contributed by atoms with van der Waals surface area (Å²) in [4.78, 5) is 10.7. The maximum absolute atomic E-state index is 4.21. The van der Waals surface area contributed by atoms with E-state index in [1.165, 1.54) is 204 Å². The fraction of sp³-hybridized carbons (Fsp3) is 0.480. The molecular weight excluding hydrogens is 834 g/mol. The SMILES string of the molecule is [Y].[Y].[c-]1c(C(=C(c2[c-]c3c4c(c2)CCCN4CCC3)c2[c-]c3c4c(c2)CCCN4CCC3)c2[c-]c3c4c(c2)CCCN4CCC3)cc2c3c1CCCN3CCC2. The van der Waals surface area contributed by atoms with Crippen molar-refractivity contribution in [3.63, 3.8) is 0 Å². The third-order valence-electron chi connectivity index (χ3n) is 14.3. The number of hydrogen-bond acceptors (Lipinski definition) is 4. The zero-order chi connectivity index (χ0) is 35.3. The smallest absolute Gasteiger partial charge is 0.00906 e. The van der Waals surface area contributed by atoms with Gasteiger partial charge in [-0.3, -0.25) is 0 Å². The second-order valence-electron chi connectivity index (χ2n) is 17.7. The normalized spacial score (nSPS) is 19.8. The van der Waals surface area contributed by atoms with E-state index in [1.807, 2.05) is 0 Å². The molecule has 2 radical (unpaired) electrons. The summed E-state index contributed by atoms with van der Waals surface area (Å²) in [6.07, 6.45) is 19.0. The topological polar surface area (TPSA) is 13.0 Å². The fourth-order valence-corrected chi connectivity index (χ4v) is 12.2. The van der Waals surface area contributed by atoms with Gasteiger partial charge in [0.05, 0.1) is 0 Å². The van der Waals surface area contributed by atoms with E-state index in [0.29, 0.717) is 0 Å². The van der Waals surface area contributed by atoms with E-state index in [2.05, 4.69) is 68.1 Å². The number of anilines is 4. The van der Waals surface area contributed by atoms with Gasteiger partial charge in [0.25, 0.3) is 0 Å². The summed E-state index contributed by atoms with van der Waals surface area (Å²) in [5.74, 6) is 0. The third kappa shape index (κ3) is 6.35. The minimum absolute atomic E-state index is 0. The molecule has 56 heavy (non-hydrogen) atoms. The molecule has 0 saturated carbocycles. The van der Waals surface area contributed by atoms with Crippen LogP contribution in [0.2, 0.25) is 0 Å². The summed E-state index contributed by atoms with van der Waals surface area (Å²) >= 11 is 0. The first-order valence-corrected chi connectivity index (χ1v) is 21.8. The van der Waals surface area contributed by atoms with Crippen molar-refractivity contribution in [1.82, 2.24) is 0 Å². The summed E-state index contributed by atoms with van der Waals surface area (Å²) in [5, 5.41) is 0. The van der Waals surface area contributed by atoms with Crippen molar-refractivity contribution in [3.05, 3.63) is 115 Å². The second kappa shape index (κ2) is 15.6. The van der Waals surface area contributed by atoms with Crippen molar-refractivity contribution < 1.29 is 65.4 Å². The molecule has 8 heterocycles. The van der Waals surface area contributed by atoms with Crippen molar-refractivity contribution in [1.29, 1.82) is 0 Å². The molecule has 0 saturated heterocycles. The zero-order valence-corrected chi connectivity index (χ0v) is 38.9. The van der Waals surface area contributed by atoms with Gasteiger partial charge >= 0.3 is 0 Å². The molecule has 0 aromatic heterocycles. The third-order valence-corrected chi connectivity index (χ3v) is 14.3. The Morgan fingerprint density at radius 1 is 0.321 bits per heavy atom. The van der Waals surface area contributed by atoms with Gasteiger partial charge in [-0.1, -0.05) is 0 Å². The van der Waals surface area contributed by atoms with E-state index in [-0.39, 0.29) is 65.4 Å². The first kappa shape index (κ1) is 38.2. The number of hydrogen-bond donors (Lipinski definition) is 0. The van der Waals surface area contributed by atoms with Gasteiger partial charge in [-0.25, -0.2) is 0 Å². The Hall–Kier alpha value is -1.97. The predicted octanol–water partition coefficient (Wildman–Crippen LogP) is 8.68. The molecule has 0 bridgehead atoms. The molecule has 8 aliphatic heterocycles. The van der Waals surface area contributed by atoms with E-state index in [4.69, 9.17) is 0 Å². The largest absolute Gasteiger partial charge is 0.410 e. The fourth-order valence-electron chi connectivity index (χ4n) is 12.2. The zero-order valence-electron chi connectivity index (χ0n) is 33.2. The van der Waals surface area contributed by atoms with Crippen LogP contribution >= 0.6 is 0 Å². The number of nitrogens with zero attached hydrogens (tertiary/aromatic N) is 4. The van der Waals surface area contributed by atoms with Gasteiger partial charge in [0.2, 0.25) is 0 Å². The molecule has 0 amide bonds. The van der Waals surface area contributed by atoms with Crippen molar-refractivity contribution in [2.24, 2.45) is 0 Å². The van der Waals surface area contributed by atoms with Crippen LogP contribution in [0.15, 0.2) is 24.3 Å². The number of benzene rings is 4. The Kier molecular flexibility index (Phi) is 10.6. The molecule has 4 aromatic rings. The minimum Gasteiger partial charge on any atom is -0.410 e. The van der Waals surface area contributed by atoms with Crippen LogP contribution in [0, 0.1) is 24.3 Å². The van der Waals surface area contributed by atoms with E-state index < -0.39 is 0 Å². The Balaban J connectivity index is 0.00000192. The predicted molar refractivity (Wildman–Crippen MR) is 222 cm³/mol. The van der Waals surface area contributed by atoms with E-state index in [1.54, 1.807) is 0 Å². The summed E-state index contributed by atoms with van der Waals surface area (Å²) in [5.41, 5.74) is 25.7. The molecule has 12 rings (SSSR count).